The number of benzene rings is 1. The number of aliphatic hydroxyl groups excluding tert-OH is 1. The van der Waals surface area contributed by atoms with Crippen molar-refractivity contribution in [2.24, 2.45) is 10.2 Å². The molecule has 0 saturated carbocycles. The van der Waals surface area contributed by atoms with Crippen molar-refractivity contribution in [1.82, 2.24) is 5.32 Å². The first-order valence-corrected chi connectivity index (χ1v) is 16.0. The van der Waals surface area contributed by atoms with Gasteiger partial charge < -0.3 is 10.4 Å². The molecule has 2 atom stereocenters. The van der Waals surface area contributed by atoms with Crippen LogP contribution in [0.3, 0.4) is 0 Å². The Kier molecular flexibility index (Phi) is 17.8. The smallest absolute Gasteiger partial charge is 0.220 e. The molecule has 0 bridgehead atoms. The maximum atomic E-state index is 12.4. The molecule has 2 rings (SSSR count). The lowest BCUT2D eigenvalue weighted by Crippen LogP contribution is -2.42. The molecule has 0 unspecified atom stereocenters. The summed E-state index contributed by atoms with van der Waals surface area (Å²) in [5.74, 6) is 0.0237. The number of carbonyl (C=O) groups is 1. The lowest BCUT2D eigenvalue weighted by Gasteiger charge is -2.20. The second-order valence-corrected chi connectivity index (χ2v) is 11.4. The van der Waals surface area contributed by atoms with Gasteiger partial charge in [-0.3, -0.25) is 4.79 Å². The molecule has 1 aliphatic rings. The van der Waals surface area contributed by atoms with Gasteiger partial charge in [-0.1, -0.05) is 134 Å². The molecule has 39 heavy (non-hydrogen) atoms. The summed E-state index contributed by atoms with van der Waals surface area (Å²) in [5.41, 5.74) is 2.66. The molecule has 1 aliphatic heterocycles. The molecule has 1 amide bonds. The Morgan fingerprint density at radius 3 is 1.95 bits per heavy atom. The maximum absolute atomic E-state index is 12.4. The van der Waals surface area contributed by atoms with Crippen LogP contribution in [-0.2, 0) is 4.79 Å². The fraction of sp³-hybridized carbons (Fsp3) is 0.667. The molecule has 1 heterocycles. The van der Waals surface area contributed by atoms with Crippen molar-refractivity contribution >= 4 is 28.9 Å². The fourth-order valence-electron chi connectivity index (χ4n) is 4.97. The van der Waals surface area contributed by atoms with E-state index in [0.717, 1.165) is 29.8 Å². The molecule has 218 valence electrons. The van der Waals surface area contributed by atoms with Gasteiger partial charge in [0.1, 0.15) is 0 Å². The summed E-state index contributed by atoms with van der Waals surface area (Å²) in [6.45, 7) is 4.25. The van der Waals surface area contributed by atoms with Gasteiger partial charge in [-0.2, -0.15) is 10.2 Å². The van der Waals surface area contributed by atoms with E-state index in [2.05, 4.69) is 22.4 Å². The molecule has 0 radical (unpaired) electrons. The molecule has 1 aromatic carbocycles. The van der Waals surface area contributed by atoms with Gasteiger partial charge in [0, 0.05) is 17.9 Å². The summed E-state index contributed by atoms with van der Waals surface area (Å²) in [6, 6.07) is 7.23. The van der Waals surface area contributed by atoms with Crippen molar-refractivity contribution in [3.8, 4) is 0 Å². The highest BCUT2D eigenvalue weighted by molar-refractivity contribution is 6.30. The third-order valence-electron chi connectivity index (χ3n) is 7.52. The summed E-state index contributed by atoms with van der Waals surface area (Å²) in [5, 5.41) is 22.8. The number of nitrogens with one attached hydrogen (secondary N) is 1. The van der Waals surface area contributed by atoms with Gasteiger partial charge >= 0.3 is 0 Å². The molecule has 0 aliphatic carbocycles. The van der Waals surface area contributed by atoms with E-state index in [1.165, 1.54) is 83.5 Å². The Morgan fingerprint density at radius 1 is 0.872 bits per heavy atom. The Bertz CT molecular complexity index is 895. The van der Waals surface area contributed by atoms with E-state index >= 15 is 0 Å². The van der Waals surface area contributed by atoms with Gasteiger partial charge in [0.25, 0.3) is 0 Å². The zero-order valence-electron chi connectivity index (χ0n) is 24.5. The molecule has 0 saturated heterocycles. The van der Waals surface area contributed by atoms with Gasteiger partial charge in [-0.05, 0) is 36.6 Å². The van der Waals surface area contributed by atoms with Crippen molar-refractivity contribution in [2.45, 2.75) is 142 Å². The second-order valence-electron chi connectivity index (χ2n) is 11.0. The molecule has 0 aromatic heterocycles. The van der Waals surface area contributed by atoms with Crippen LogP contribution in [0, 0.1) is 0 Å². The number of allylic oxidation sites excluding steroid dienone is 1. The normalized spacial score (nSPS) is 14.9. The Morgan fingerprint density at radius 2 is 1.41 bits per heavy atom. The maximum Gasteiger partial charge on any atom is 0.220 e. The minimum Gasteiger partial charge on any atom is -0.387 e. The van der Waals surface area contributed by atoms with E-state index < -0.39 is 6.10 Å². The average molecular weight is 558 g/mol. The van der Waals surface area contributed by atoms with Gasteiger partial charge in [0.05, 0.1) is 23.6 Å². The van der Waals surface area contributed by atoms with Crippen LogP contribution in [0.15, 0.2) is 46.6 Å². The second kappa shape index (κ2) is 20.9. The topological polar surface area (TPSA) is 74.0 Å². The summed E-state index contributed by atoms with van der Waals surface area (Å²) in [7, 11) is 0. The molecule has 0 spiro atoms. The molecule has 2 N–H and O–H groups in total. The van der Waals surface area contributed by atoms with Crippen molar-refractivity contribution in [1.29, 1.82) is 0 Å². The first kappa shape index (κ1) is 33.2. The van der Waals surface area contributed by atoms with Crippen molar-refractivity contribution in [3.63, 3.8) is 0 Å². The van der Waals surface area contributed by atoms with E-state index in [4.69, 9.17) is 11.6 Å². The number of aliphatic hydroxyl groups is 1. The Balaban J connectivity index is 1.49. The lowest BCUT2D eigenvalue weighted by molar-refractivity contribution is -0.122. The minimum atomic E-state index is -0.762. The highest BCUT2D eigenvalue weighted by atomic mass is 35.5. The van der Waals surface area contributed by atoms with Crippen LogP contribution in [0.1, 0.15) is 135 Å². The average Bonchev–Trinajstić information content (AvgIpc) is 3.42. The van der Waals surface area contributed by atoms with Crippen LogP contribution >= 0.6 is 11.6 Å². The summed E-state index contributed by atoms with van der Waals surface area (Å²) in [6.07, 6.45) is 24.2. The molecule has 5 nitrogen and oxygen atoms in total. The largest absolute Gasteiger partial charge is 0.387 e. The highest BCUT2D eigenvalue weighted by Gasteiger charge is 2.18. The number of halogens is 1. The number of unbranched alkanes of at least 4 members (excludes halogenated alkanes) is 14. The Labute approximate surface area is 242 Å². The summed E-state index contributed by atoms with van der Waals surface area (Å²) in [4.78, 5) is 12.4. The van der Waals surface area contributed by atoms with E-state index in [1.807, 2.05) is 31.2 Å². The van der Waals surface area contributed by atoms with Crippen molar-refractivity contribution in [2.75, 3.05) is 0 Å². The van der Waals surface area contributed by atoms with E-state index in [0.29, 0.717) is 24.3 Å². The molecule has 0 fully saturated rings. The predicted octanol–water partition coefficient (Wildman–Crippen LogP) is 8.96. The van der Waals surface area contributed by atoms with Crippen molar-refractivity contribution < 1.29 is 9.90 Å². The van der Waals surface area contributed by atoms with Gasteiger partial charge in [-0.15, -0.1) is 0 Å². The highest BCUT2D eigenvalue weighted by Crippen LogP contribution is 2.17. The third-order valence-corrected chi connectivity index (χ3v) is 7.77. The first-order valence-electron chi connectivity index (χ1n) is 15.6. The van der Waals surface area contributed by atoms with Crippen LogP contribution in [-0.4, -0.2) is 34.6 Å². The van der Waals surface area contributed by atoms with Crippen LogP contribution in [0.25, 0.3) is 0 Å². The number of carbonyl (C=O) groups excluding carboxylic acids is 1. The monoisotopic (exact) mass is 557 g/mol. The van der Waals surface area contributed by atoms with Gasteiger partial charge in [0.15, 0.2) is 0 Å². The van der Waals surface area contributed by atoms with Crippen LogP contribution in [0.4, 0.5) is 0 Å². The van der Waals surface area contributed by atoms with Crippen LogP contribution in [0.5, 0.6) is 0 Å². The number of nitrogens with zero attached hydrogens (tertiary/aromatic N) is 2. The molecule has 6 heteroatoms. The third kappa shape index (κ3) is 14.8. The SMILES string of the molecule is CCCCCCCCCCCCCCCCCC(=O)N[C@@H](CC)[C@H](O)/C=C\C1=NN=C(c2ccc(Cl)cc2)C1. The van der Waals surface area contributed by atoms with Crippen molar-refractivity contribution in [3.05, 3.63) is 47.0 Å². The van der Waals surface area contributed by atoms with E-state index in [1.54, 1.807) is 12.2 Å². The molecule has 1 aromatic rings. The summed E-state index contributed by atoms with van der Waals surface area (Å²) < 4.78 is 0. The first-order chi connectivity index (χ1) is 19.0. The van der Waals surface area contributed by atoms with E-state index in [-0.39, 0.29) is 11.9 Å². The predicted molar refractivity (Wildman–Crippen MR) is 167 cm³/mol. The standard InChI is InChI=1S/C33H52ClN3O2/c1-3-5-6-7-8-9-10-11-12-13-14-15-16-17-18-19-33(39)35-30(4-2)32(38)25-24-29-26-31(37-36-29)27-20-22-28(34)23-21-27/h20-25,30,32,38H,3-19,26H2,1-2H3,(H,35,39)/b25-24-/t30-,32+/m0/s1. The molecular formula is C33H52ClN3O2. The van der Waals surface area contributed by atoms with Crippen LogP contribution < -0.4 is 5.32 Å². The lowest BCUT2D eigenvalue weighted by atomic mass is 10.0. The number of hydrogen-bond acceptors (Lipinski definition) is 4. The summed E-state index contributed by atoms with van der Waals surface area (Å²) >= 11 is 5.96. The zero-order valence-corrected chi connectivity index (χ0v) is 25.2. The minimum absolute atomic E-state index is 0.0237. The van der Waals surface area contributed by atoms with Gasteiger partial charge in [-0.25, -0.2) is 0 Å². The number of amides is 1. The van der Waals surface area contributed by atoms with Crippen LogP contribution in [0.2, 0.25) is 5.02 Å². The van der Waals surface area contributed by atoms with E-state index in [9.17, 15) is 9.90 Å². The number of rotatable bonds is 22. The fourth-order valence-corrected chi connectivity index (χ4v) is 5.10. The molecular weight excluding hydrogens is 506 g/mol. The number of hydrogen-bond donors (Lipinski definition) is 2. The Hall–Kier alpha value is -1.98. The zero-order chi connectivity index (χ0) is 28.1. The van der Waals surface area contributed by atoms with Gasteiger partial charge in [0.2, 0.25) is 5.91 Å². The quantitative estimate of drug-likeness (QED) is 0.140.